The first kappa shape index (κ1) is 25.6. The van der Waals surface area contributed by atoms with Crippen LogP contribution in [0.2, 0.25) is 5.02 Å². The number of rotatable bonds is 12. The monoisotopic (exact) mass is 484 g/mol. The Bertz CT molecular complexity index is 1030. The molecule has 0 atom stereocenters. The van der Waals surface area contributed by atoms with Gasteiger partial charge in [0.2, 0.25) is 5.91 Å². The highest BCUT2D eigenvalue weighted by atomic mass is 35.5. The molecule has 8 nitrogen and oxygen atoms in total. The van der Waals surface area contributed by atoms with Crippen molar-refractivity contribution in [1.29, 1.82) is 0 Å². The van der Waals surface area contributed by atoms with Gasteiger partial charge in [-0.15, -0.1) is 0 Å². The van der Waals surface area contributed by atoms with Crippen LogP contribution in [-0.2, 0) is 14.8 Å². The highest BCUT2D eigenvalue weighted by Crippen LogP contribution is 2.36. The number of carbonyl (C=O) groups is 1. The van der Waals surface area contributed by atoms with Crippen LogP contribution in [0.5, 0.6) is 17.2 Å². The van der Waals surface area contributed by atoms with Gasteiger partial charge in [0.15, 0.2) is 11.5 Å². The maximum atomic E-state index is 13.6. The van der Waals surface area contributed by atoms with E-state index < -0.39 is 22.5 Å². The molecule has 1 N–H and O–H groups in total. The number of benzene rings is 2. The van der Waals surface area contributed by atoms with E-state index in [0.29, 0.717) is 17.3 Å². The van der Waals surface area contributed by atoms with Gasteiger partial charge in [-0.05, 0) is 36.8 Å². The third-order valence-corrected chi connectivity index (χ3v) is 6.73. The number of carbonyl (C=O) groups excluding carboxylic acids is 1. The number of anilines is 1. The molecule has 0 unspecified atom stereocenters. The molecule has 0 bridgehead atoms. The van der Waals surface area contributed by atoms with Crippen molar-refractivity contribution < 1.29 is 27.4 Å². The van der Waals surface area contributed by atoms with E-state index in [1.54, 1.807) is 12.1 Å². The summed E-state index contributed by atoms with van der Waals surface area (Å²) in [5, 5.41) is 3.07. The number of sulfonamides is 1. The first-order valence-corrected chi connectivity index (χ1v) is 11.9. The first-order chi connectivity index (χ1) is 15.3. The molecule has 1 amide bonds. The average molecular weight is 485 g/mol. The Balaban J connectivity index is 2.50. The van der Waals surface area contributed by atoms with Crippen molar-refractivity contribution in [2.75, 3.05) is 38.7 Å². The summed E-state index contributed by atoms with van der Waals surface area (Å²) in [4.78, 5) is 12.6. The lowest BCUT2D eigenvalue weighted by molar-refractivity contribution is -0.119. The Morgan fingerprint density at radius 2 is 1.62 bits per heavy atom. The molecule has 0 aliphatic carbocycles. The molecule has 2 rings (SSSR count). The van der Waals surface area contributed by atoms with Crippen molar-refractivity contribution in [3.8, 4) is 17.2 Å². The first-order valence-electron chi connectivity index (χ1n) is 10.1. The van der Waals surface area contributed by atoms with Gasteiger partial charge in [0.05, 0.1) is 31.9 Å². The van der Waals surface area contributed by atoms with Crippen LogP contribution >= 0.6 is 11.6 Å². The molecule has 0 aliphatic rings. The van der Waals surface area contributed by atoms with Crippen LogP contribution in [0.15, 0.2) is 41.3 Å². The van der Waals surface area contributed by atoms with E-state index in [0.717, 1.165) is 23.6 Å². The minimum atomic E-state index is -4.19. The lowest BCUT2D eigenvalue weighted by Crippen LogP contribution is -2.41. The Labute approximate surface area is 194 Å². The largest absolute Gasteiger partial charge is 0.495 e. The van der Waals surface area contributed by atoms with E-state index >= 15 is 0 Å². The van der Waals surface area contributed by atoms with E-state index in [2.05, 4.69) is 12.2 Å². The maximum absolute atomic E-state index is 13.6. The predicted molar refractivity (Wildman–Crippen MR) is 125 cm³/mol. The summed E-state index contributed by atoms with van der Waals surface area (Å²) in [5.74, 6) is 0.451. The number of halogens is 1. The summed E-state index contributed by atoms with van der Waals surface area (Å²) in [7, 11) is 0.0912. The summed E-state index contributed by atoms with van der Waals surface area (Å²) in [6.45, 7) is 2.08. The average Bonchev–Trinajstić information content (AvgIpc) is 2.79. The third-order valence-electron chi connectivity index (χ3n) is 4.74. The molecule has 10 heteroatoms. The van der Waals surface area contributed by atoms with Crippen molar-refractivity contribution in [2.45, 2.75) is 31.1 Å². The standard InChI is InChI=1S/C22H29ClN2O6S/c1-5-6-7-12-24-22(26)15-25(18-13-16(23)8-10-19(18)29-2)32(27,28)17-9-11-20(30-3)21(14-17)31-4/h8-11,13-14H,5-7,12,15H2,1-4H3,(H,24,26). The number of hydrogen-bond donors (Lipinski definition) is 1. The normalized spacial score (nSPS) is 11.0. The van der Waals surface area contributed by atoms with Gasteiger partial charge in [0.25, 0.3) is 10.0 Å². The molecule has 0 aromatic heterocycles. The van der Waals surface area contributed by atoms with E-state index in [1.807, 2.05) is 0 Å². The van der Waals surface area contributed by atoms with E-state index in [4.69, 9.17) is 25.8 Å². The Morgan fingerprint density at radius 3 is 2.25 bits per heavy atom. The van der Waals surface area contributed by atoms with Crippen LogP contribution in [0.4, 0.5) is 5.69 Å². The minimum Gasteiger partial charge on any atom is -0.495 e. The van der Waals surface area contributed by atoms with E-state index in [-0.39, 0.29) is 22.1 Å². The van der Waals surface area contributed by atoms with Gasteiger partial charge in [-0.2, -0.15) is 0 Å². The van der Waals surface area contributed by atoms with Crippen LogP contribution in [0, 0.1) is 0 Å². The quantitative estimate of drug-likeness (QED) is 0.459. The Morgan fingerprint density at radius 1 is 0.969 bits per heavy atom. The van der Waals surface area contributed by atoms with E-state index in [1.165, 1.54) is 45.6 Å². The summed E-state index contributed by atoms with van der Waals surface area (Å²) in [5.41, 5.74) is 0.151. The van der Waals surface area contributed by atoms with Crippen LogP contribution in [0.25, 0.3) is 0 Å². The molecule has 176 valence electrons. The SMILES string of the molecule is CCCCCNC(=O)CN(c1cc(Cl)ccc1OC)S(=O)(=O)c1ccc(OC)c(OC)c1. The van der Waals surface area contributed by atoms with Crippen molar-refractivity contribution in [3.05, 3.63) is 41.4 Å². The summed E-state index contributed by atoms with van der Waals surface area (Å²) < 4.78 is 44.1. The van der Waals surface area contributed by atoms with Gasteiger partial charge in [-0.3, -0.25) is 9.10 Å². The number of ether oxygens (including phenoxy) is 3. The zero-order valence-electron chi connectivity index (χ0n) is 18.7. The van der Waals surface area contributed by atoms with Gasteiger partial charge < -0.3 is 19.5 Å². The van der Waals surface area contributed by atoms with E-state index in [9.17, 15) is 13.2 Å². The zero-order chi connectivity index (χ0) is 23.7. The molecule has 0 spiro atoms. The van der Waals surface area contributed by atoms with Gasteiger partial charge in [-0.1, -0.05) is 31.4 Å². The number of amides is 1. The lowest BCUT2D eigenvalue weighted by Gasteiger charge is -2.26. The molecule has 0 aliphatic heterocycles. The predicted octanol–water partition coefficient (Wildman–Crippen LogP) is 3.87. The Hall–Kier alpha value is -2.65. The van der Waals surface area contributed by atoms with Crippen LogP contribution in [0.3, 0.4) is 0 Å². The van der Waals surface area contributed by atoms with Gasteiger partial charge in [0, 0.05) is 17.6 Å². The fourth-order valence-electron chi connectivity index (χ4n) is 3.05. The fourth-order valence-corrected chi connectivity index (χ4v) is 4.66. The Kier molecular flexibility index (Phi) is 9.46. The lowest BCUT2D eigenvalue weighted by atomic mass is 10.2. The van der Waals surface area contributed by atoms with Crippen molar-refractivity contribution in [3.63, 3.8) is 0 Å². The topological polar surface area (TPSA) is 94.2 Å². The smallest absolute Gasteiger partial charge is 0.265 e. The van der Waals surface area contributed by atoms with Crippen molar-refractivity contribution in [2.24, 2.45) is 0 Å². The van der Waals surface area contributed by atoms with Crippen LogP contribution in [-0.4, -0.2) is 48.7 Å². The summed E-state index contributed by atoms with van der Waals surface area (Å²) in [6, 6.07) is 8.80. The van der Waals surface area contributed by atoms with Gasteiger partial charge >= 0.3 is 0 Å². The third kappa shape index (κ3) is 6.20. The number of methoxy groups -OCH3 is 3. The number of nitrogens with zero attached hydrogens (tertiary/aromatic N) is 1. The summed E-state index contributed by atoms with van der Waals surface area (Å²) in [6.07, 6.45) is 2.79. The molecule has 0 heterocycles. The number of unbranched alkanes of at least 4 members (excludes halogenated alkanes) is 2. The molecule has 2 aromatic carbocycles. The molecule has 32 heavy (non-hydrogen) atoms. The minimum absolute atomic E-state index is 0.0732. The fraction of sp³-hybridized carbons (Fsp3) is 0.409. The molecular weight excluding hydrogens is 456 g/mol. The molecular formula is C22H29ClN2O6S. The maximum Gasteiger partial charge on any atom is 0.265 e. The molecule has 0 saturated carbocycles. The van der Waals surface area contributed by atoms with Gasteiger partial charge in [-0.25, -0.2) is 8.42 Å². The number of hydrogen-bond acceptors (Lipinski definition) is 6. The van der Waals surface area contributed by atoms with Crippen LogP contribution < -0.4 is 23.8 Å². The second-order valence-electron chi connectivity index (χ2n) is 6.90. The van der Waals surface area contributed by atoms with Gasteiger partial charge in [0.1, 0.15) is 12.3 Å². The molecule has 2 aromatic rings. The number of nitrogens with one attached hydrogen (secondary N) is 1. The zero-order valence-corrected chi connectivity index (χ0v) is 20.3. The van der Waals surface area contributed by atoms with Crippen molar-refractivity contribution >= 4 is 33.2 Å². The molecule has 0 radical (unpaired) electrons. The molecule has 0 fully saturated rings. The second kappa shape index (κ2) is 11.8. The second-order valence-corrected chi connectivity index (χ2v) is 9.20. The highest BCUT2D eigenvalue weighted by Gasteiger charge is 2.30. The van der Waals surface area contributed by atoms with Crippen molar-refractivity contribution in [1.82, 2.24) is 5.32 Å². The highest BCUT2D eigenvalue weighted by molar-refractivity contribution is 7.92. The van der Waals surface area contributed by atoms with Crippen LogP contribution in [0.1, 0.15) is 26.2 Å². The molecule has 0 saturated heterocycles. The summed E-state index contributed by atoms with van der Waals surface area (Å²) >= 11 is 6.14.